The largest absolute Gasteiger partial charge is 0.490 e. The number of hydrogen-bond donors (Lipinski definition) is 1. The highest BCUT2D eigenvalue weighted by Gasteiger charge is 2.11. The molecule has 0 bridgehead atoms. The van der Waals surface area contributed by atoms with Crippen LogP contribution >= 0.6 is 11.8 Å². The molecule has 1 aliphatic heterocycles. The Morgan fingerprint density at radius 2 is 1.74 bits per heavy atom. The number of rotatable bonds is 2. The van der Waals surface area contributed by atoms with Crippen LogP contribution < -0.4 is 15.2 Å². The molecule has 1 aliphatic rings. The molecule has 98 valence electrons. The minimum Gasteiger partial charge on any atom is -0.490 e. The van der Waals surface area contributed by atoms with E-state index >= 15 is 0 Å². The van der Waals surface area contributed by atoms with E-state index in [-0.39, 0.29) is 0 Å². The average molecular weight is 273 g/mol. The Kier molecular flexibility index (Phi) is 3.51. The van der Waals surface area contributed by atoms with Crippen molar-refractivity contribution in [2.24, 2.45) is 0 Å². The van der Waals surface area contributed by atoms with Gasteiger partial charge in [0.2, 0.25) is 0 Å². The van der Waals surface area contributed by atoms with Gasteiger partial charge in [0.15, 0.2) is 11.5 Å². The maximum Gasteiger partial charge on any atom is 0.162 e. The Bertz CT molecular complexity index is 586. The monoisotopic (exact) mass is 273 g/mol. The number of fused-ring (bicyclic) bond motifs is 1. The number of nitrogen functional groups attached to an aromatic ring is 1. The molecule has 2 aromatic rings. The molecule has 0 fully saturated rings. The molecule has 4 heteroatoms. The molecule has 0 saturated heterocycles. The summed E-state index contributed by atoms with van der Waals surface area (Å²) in [6, 6.07) is 13.9. The van der Waals surface area contributed by atoms with Crippen LogP contribution in [0.4, 0.5) is 5.69 Å². The summed E-state index contributed by atoms with van der Waals surface area (Å²) >= 11 is 1.63. The van der Waals surface area contributed by atoms with E-state index in [1.165, 1.54) is 0 Å². The molecule has 0 amide bonds. The first-order valence-electron chi connectivity index (χ1n) is 6.25. The quantitative estimate of drug-likeness (QED) is 0.849. The maximum atomic E-state index is 5.95. The summed E-state index contributed by atoms with van der Waals surface area (Å²) in [5.74, 6) is 1.64. The number of hydrogen-bond acceptors (Lipinski definition) is 4. The van der Waals surface area contributed by atoms with Gasteiger partial charge in [-0.25, -0.2) is 0 Å². The van der Waals surface area contributed by atoms with Crippen LogP contribution in [0.25, 0.3) is 0 Å². The van der Waals surface area contributed by atoms with Crippen LogP contribution in [0.5, 0.6) is 11.5 Å². The van der Waals surface area contributed by atoms with Gasteiger partial charge < -0.3 is 15.2 Å². The molecule has 2 aromatic carbocycles. The molecule has 19 heavy (non-hydrogen) atoms. The van der Waals surface area contributed by atoms with Gasteiger partial charge in [-0.3, -0.25) is 0 Å². The van der Waals surface area contributed by atoms with Crippen molar-refractivity contribution in [3.63, 3.8) is 0 Å². The summed E-state index contributed by atoms with van der Waals surface area (Å²) in [6.07, 6.45) is 0.919. The van der Waals surface area contributed by atoms with Crippen LogP contribution in [-0.2, 0) is 0 Å². The van der Waals surface area contributed by atoms with Crippen molar-refractivity contribution in [3.8, 4) is 11.5 Å². The minimum atomic E-state index is 0.703. The molecule has 0 radical (unpaired) electrons. The first-order valence-corrected chi connectivity index (χ1v) is 7.06. The lowest BCUT2D eigenvalue weighted by atomic mass is 10.3. The zero-order valence-electron chi connectivity index (χ0n) is 10.5. The summed E-state index contributed by atoms with van der Waals surface area (Å²) < 4.78 is 11.3. The fourth-order valence-corrected chi connectivity index (χ4v) is 2.80. The van der Waals surface area contributed by atoms with Gasteiger partial charge in [0, 0.05) is 21.9 Å². The Morgan fingerprint density at radius 1 is 0.947 bits per heavy atom. The fraction of sp³-hybridized carbons (Fsp3) is 0.200. The molecular formula is C15H15NO2S. The highest BCUT2D eigenvalue weighted by atomic mass is 32.2. The second kappa shape index (κ2) is 5.45. The summed E-state index contributed by atoms with van der Waals surface area (Å²) in [5, 5.41) is 0. The van der Waals surface area contributed by atoms with Crippen LogP contribution in [0, 0.1) is 0 Å². The van der Waals surface area contributed by atoms with Crippen LogP contribution in [-0.4, -0.2) is 13.2 Å². The molecule has 0 atom stereocenters. The summed E-state index contributed by atoms with van der Waals surface area (Å²) in [5.41, 5.74) is 6.75. The van der Waals surface area contributed by atoms with Crippen LogP contribution in [0.15, 0.2) is 52.3 Å². The highest BCUT2D eigenvalue weighted by Crippen LogP contribution is 2.38. The molecule has 0 aliphatic carbocycles. The fourth-order valence-electron chi connectivity index (χ4n) is 1.91. The van der Waals surface area contributed by atoms with Crippen LogP contribution in [0.3, 0.4) is 0 Å². The van der Waals surface area contributed by atoms with E-state index in [9.17, 15) is 0 Å². The van der Waals surface area contributed by atoms with E-state index in [0.717, 1.165) is 33.4 Å². The standard InChI is InChI=1S/C15H15NO2S/c16-12-4-1-2-5-15(12)19-11-6-7-13-14(10-11)18-9-3-8-17-13/h1-2,4-7,10H,3,8-9,16H2. The van der Waals surface area contributed by atoms with Gasteiger partial charge in [0.25, 0.3) is 0 Å². The van der Waals surface area contributed by atoms with Crippen LogP contribution in [0.1, 0.15) is 6.42 Å². The maximum absolute atomic E-state index is 5.95. The molecule has 3 rings (SSSR count). The first-order chi connectivity index (χ1) is 9.33. The van der Waals surface area contributed by atoms with Gasteiger partial charge in [-0.2, -0.15) is 0 Å². The Balaban J connectivity index is 1.86. The lowest BCUT2D eigenvalue weighted by Gasteiger charge is -2.10. The number of ether oxygens (including phenoxy) is 2. The van der Waals surface area contributed by atoms with E-state index in [2.05, 4.69) is 0 Å². The number of benzene rings is 2. The number of nitrogens with two attached hydrogens (primary N) is 1. The Hall–Kier alpha value is -1.81. The minimum absolute atomic E-state index is 0.703. The third-order valence-corrected chi connectivity index (χ3v) is 3.95. The number of anilines is 1. The van der Waals surface area contributed by atoms with E-state index in [1.54, 1.807) is 11.8 Å². The zero-order chi connectivity index (χ0) is 13.1. The molecule has 0 saturated carbocycles. The topological polar surface area (TPSA) is 44.5 Å². The lowest BCUT2D eigenvalue weighted by molar-refractivity contribution is 0.297. The van der Waals surface area contributed by atoms with Crippen molar-refractivity contribution in [2.45, 2.75) is 16.2 Å². The van der Waals surface area contributed by atoms with E-state index in [1.807, 2.05) is 42.5 Å². The van der Waals surface area contributed by atoms with Crippen molar-refractivity contribution < 1.29 is 9.47 Å². The first kappa shape index (κ1) is 12.2. The number of para-hydroxylation sites is 1. The predicted octanol–water partition coefficient (Wildman–Crippen LogP) is 3.58. The molecule has 0 aromatic heterocycles. The predicted molar refractivity (Wildman–Crippen MR) is 77.0 cm³/mol. The summed E-state index contributed by atoms with van der Waals surface area (Å²) in [4.78, 5) is 2.15. The van der Waals surface area contributed by atoms with E-state index in [0.29, 0.717) is 13.2 Å². The molecule has 0 unspecified atom stereocenters. The Labute approximate surface area is 116 Å². The second-order valence-corrected chi connectivity index (χ2v) is 5.41. The van der Waals surface area contributed by atoms with Gasteiger partial charge in [-0.1, -0.05) is 23.9 Å². The van der Waals surface area contributed by atoms with Gasteiger partial charge in [-0.15, -0.1) is 0 Å². The van der Waals surface area contributed by atoms with Gasteiger partial charge >= 0.3 is 0 Å². The molecule has 2 N–H and O–H groups in total. The normalized spacial score (nSPS) is 13.9. The Morgan fingerprint density at radius 3 is 2.58 bits per heavy atom. The van der Waals surface area contributed by atoms with Crippen molar-refractivity contribution in [1.82, 2.24) is 0 Å². The molecule has 1 heterocycles. The summed E-state index contributed by atoms with van der Waals surface area (Å²) in [6.45, 7) is 1.42. The second-order valence-electron chi connectivity index (χ2n) is 4.30. The van der Waals surface area contributed by atoms with E-state index in [4.69, 9.17) is 15.2 Å². The third-order valence-electron chi connectivity index (χ3n) is 2.87. The highest BCUT2D eigenvalue weighted by molar-refractivity contribution is 7.99. The molecule has 3 nitrogen and oxygen atoms in total. The SMILES string of the molecule is Nc1ccccc1Sc1ccc2c(c1)OCCCO2. The zero-order valence-corrected chi connectivity index (χ0v) is 11.3. The van der Waals surface area contributed by atoms with Crippen molar-refractivity contribution in [3.05, 3.63) is 42.5 Å². The smallest absolute Gasteiger partial charge is 0.162 e. The van der Waals surface area contributed by atoms with Gasteiger partial charge in [-0.05, 0) is 30.3 Å². The van der Waals surface area contributed by atoms with Crippen molar-refractivity contribution in [2.75, 3.05) is 18.9 Å². The van der Waals surface area contributed by atoms with Crippen LogP contribution in [0.2, 0.25) is 0 Å². The average Bonchev–Trinajstić information content (AvgIpc) is 2.66. The third kappa shape index (κ3) is 2.79. The van der Waals surface area contributed by atoms with Gasteiger partial charge in [0.05, 0.1) is 13.2 Å². The summed E-state index contributed by atoms with van der Waals surface area (Å²) in [7, 11) is 0. The molecular weight excluding hydrogens is 258 g/mol. The van der Waals surface area contributed by atoms with Gasteiger partial charge in [0.1, 0.15) is 0 Å². The molecule has 0 spiro atoms. The van der Waals surface area contributed by atoms with Crippen molar-refractivity contribution in [1.29, 1.82) is 0 Å². The van der Waals surface area contributed by atoms with Crippen molar-refractivity contribution >= 4 is 17.4 Å². The lowest BCUT2D eigenvalue weighted by Crippen LogP contribution is -1.97. The van der Waals surface area contributed by atoms with E-state index < -0.39 is 0 Å².